The van der Waals surface area contributed by atoms with E-state index >= 15 is 0 Å². The molecule has 1 aromatic carbocycles. The number of hydrogen-bond acceptors (Lipinski definition) is 1. The topological polar surface area (TPSA) is 21.7 Å². The van der Waals surface area contributed by atoms with Gasteiger partial charge in [-0.1, -0.05) is 30.0 Å². The summed E-state index contributed by atoms with van der Waals surface area (Å²) in [6.07, 6.45) is 5.71. The molecule has 2 aromatic rings. The van der Waals surface area contributed by atoms with E-state index in [0.29, 0.717) is 0 Å². The van der Waals surface area contributed by atoms with Crippen molar-refractivity contribution in [1.29, 1.82) is 0 Å². The van der Waals surface area contributed by atoms with Crippen molar-refractivity contribution < 1.29 is 4.57 Å². The summed E-state index contributed by atoms with van der Waals surface area (Å²) in [6.45, 7) is 0.921. The van der Waals surface area contributed by atoms with Gasteiger partial charge in [-0.25, -0.2) is 4.57 Å². The third-order valence-electron chi connectivity index (χ3n) is 2.39. The molecule has 3 nitrogen and oxygen atoms in total. The van der Waals surface area contributed by atoms with Gasteiger partial charge >= 0.3 is 0 Å². The summed E-state index contributed by atoms with van der Waals surface area (Å²) < 4.78 is 3.87. The summed E-state index contributed by atoms with van der Waals surface area (Å²) >= 11 is 0. The lowest BCUT2D eigenvalue weighted by molar-refractivity contribution is -0.672. The standard InChI is InChI=1S/C14H16N3/c1-16-12-15-17(13-16)11-7-3-6-10-14-8-4-2-5-9-14/h2,4-5,8-9,12-13H,3,7,11H2,1H3/q+1. The van der Waals surface area contributed by atoms with E-state index in [1.807, 2.05) is 53.0 Å². The second kappa shape index (κ2) is 5.86. The van der Waals surface area contributed by atoms with E-state index in [-0.39, 0.29) is 0 Å². The van der Waals surface area contributed by atoms with Crippen LogP contribution in [0.25, 0.3) is 0 Å². The van der Waals surface area contributed by atoms with Crippen LogP contribution in [0, 0.1) is 11.8 Å². The summed E-state index contributed by atoms with van der Waals surface area (Å²) in [5, 5.41) is 4.20. The number of nitrogens with zero attached hydrogens (tertiary/aromatic N) is 3. The maximum absolute atomic E-state index is 4.20. The van der Waals surface area contributed by atoms with Crippen LogP contribution in [0.5, 0.6) is 0 Å². The molecule has 0 saturated heterocycles. The molecule has 0 N–H and O–H groups in total. The maximum Gasteiger partial charge on any atom is 0.264 e. The molecule has 17 heavy (non-hydrogen) atoms. The molecule has 0 radical (unpaired) electrons. The van der Waals surface area contributed by atoms with Gasteiger partial charge < -0.3 is 0 Å². The minimum absolute atomic E-state index is 0.901. The molecule has 86 valence electrons. The van der Waals surface area contributed by atoms with Gasteiger partial charge in [0.05, 0.1) is 7.05 Å². The zero-order valence-electron chi connectivity index (χ0n) is 10.0. The van der Waals surface area contributed by atoms with Gasteiger partial charge in [-0.2, -0.15) is 0 Å². The summed E-state index contributed by atoms with van der Waals surface area (Å²) in [7, 11) is 1.97. The Morgan fingerprint density at radius 1 is 1.29 bits per heavy atom. The highest BCUT2D eigenvalue weighted by Crippen LogP contribution is 1.96. The van der Waals surface area contributed by atoms with E-state index in [0.717, 1.165) is 24.9 Å². The Morgan fingerprint density at radius 2 is 2.12 bits per heavy atom. The molecular formula is C14H16N3+. The molecule has 1 heterocycles. The molecule has 0 aliphatic carbocycles. The van der Waals surface area contributed by atoms with Crippen LogP contribution in [0.4, 0.5) is 0 Å². The van der Waals surface area contributed by atoms with Gasteiger partial charge in [0, 0.05) is 17.1 Å². The molecule has 0 aliphatic rings. The van der Waals surface area contributed by atoms with Crippen molar-refractivity contribution in [2.45, 2.75) is 19.4 Å². The molecule has 3 heteroatoms. The van der Waals surface area contributed by atoms with Crippen molar-refractivity contribution in [3.05, 3.63) is 48.5 Å². The minimum atomic E-state index is 0.901. The van der Waals surface area contributed by atoms with E-state index < -0.39 is 0 Å². The Hall–Kier alpha value is -2.08. The SMILES string of the molecule is C[n+]1cnn(CCCC#Cc2ccccc2)c1. The van der Waals surface area contributed by atoms with Crippen LogP contribution < -0.4 is 4.57 Å². The van der Waals surface area contributed by atoms with E-state index in [1.54, 1.807) is 6.33 Å². The summed E-state index contributed by atoms with van der Waals surface area (Å²) in [5.74, 6) is 6.33. The Kier molecular flexibility index (Phi) is 3.93. The van der Waals surface area contributed by atoms with Crippen molar-refractivity contribution in [3.63, 3.8) is 0 Å². The van der Waals surface area contributed by atoms with Crippen molar-refractivity contribution in [1.82, 2.24) is 9.78 Å². The molecule has 0 saturated carbocycles. The third kappa shape index (κ3) is 3.76. The van der Waals surface area contributed by atoms with Crippen molar-refractivity contribution in [2.24, 2.45) is 7.05 Å². The first-order chi connectivity index (χ1) is 8.34. The quantitative estimate of drug-likeness (QED) is 0.442. The van der Waals surface area contributed by atoms with Crippen LogP contribution in [0.2, 0.25) is 0 Å². The predicted octanol–water partition coefficient (Wildman–Crippen LogP) is 1.54. The van der Waals surface area contributed by atoms with E-state index in [9.17, 15) is 0 Å². The Balaban J connectivity index is 1.75. The molecule has 0 unspecified atom stereocenters. The number of aryl methyl sites for hydroxylation is 2. The molecule has 0 aliphatic heterocycles. The van der Waals surface area contributed by atoms with Crippen LogP contribution >= 0.6 is 0 Å². The summed E-state index contributed by atoms with van der Waals surface area (Å²) in [4.78, 5) is 0. The van der Waals surface area contributed by atoms with Gasteiger partial charge in [0.2, 0.25) is 6.33 Å². The zero-order valence-corrected chi connectivity index (χ0v) is 10.0. The third-order valence-corrected chi connectivity index (χ3v) is 2.39. The largest absolute Gasteiger partial charge is 0.264 e. The minimum Gasteiger partial charge on any atom is -0.240 e. The average molecular weight is 226 g/mol. The monoisotopic (exact) mass is 226 g/mol. The lowest BCUT2D eigenvalue weighted by Gasteiger charge is -1.89. The lowest BCUT2D eigenvalue weighted by atomic mass is 10.2. The van der Waals surface area contributed by atoms with Gasteiger partial charge in [0.25, 0.3) is 6.33 Å². The van der Waals surface area contributed by atoms with Crippen molar-refractivity contribution in [3.8, 4) is 11.8 Å². The number of benzene rings is 1. The van der Waals surface area contributed by atoms with Gasteiger partial charge in [-0.3, -0.25) is 0 Å². The first-order valence-corrected chi connectivity index (χ1v) is 5.76. The van der Waals surface area contributed by atoms with Crippen LogP contribution in [0.1, 0.15) is 18.4 Å². The fourth-order valence-corrected chi connectivity index (χ4v) is 1.55. The number of rotatable bonds is 3. The van der Waals surface area contributed by atoms with E-state index in [1.165, 1.54) is 0 Å². The van der Waals surface area contributed by atoms with Gasteiger partial charge in [-0.05, 0) is 18.6 Å². The molecule has 0 spiro atoms. The van der Waals surface area contributed by atoms with Crippen molar-refractivity contribution in [2.75, 3.05) is 0 Å². The fourth-order valence-electron chi connectivity index (χ4n) is 1.55. The van der Waals surface area contributed by atoms with Crippen LogP contribution in [-0.4, -0.2) is 9.78 Å². The Labute approximate surface area is 102 Å². The normalized spacial score (nSPS) is 9.71. The zero-order chi connectivity index (χ0) is 11.9. The van der Waals surface area contributed by atoms with E-state index in [2.05, 4.69) is 16.9 Å². The Bertz CT molecular complexity index is 517. The molecule has 1 aromatic heterocycles. The Morgan fingerprint density at radius 3 is 2.82 bits per heavy atom. The first-order valence-electron chi connectivity index (χ1n) is 5.76. The second-order valence-electron chi connectivity index (χ2n) is 3.95. The van der Waals surface area contributed by atoms with Crippen LogP contribution in [-0.2, 0) is 13.6 Å². The molecule has 0 atom stereocenters. The molecule has 0 bridgehead atoms. The average Bonchev–Trinajstić information content (AvgIpc) is 2.76. The molecule has 2 rings (SSSR count). The maximum atomic E-state index is 4.20. The number of hydrogen-bond donors (Lipinski definition) is 0. The summed E-state index contributed by atoms with van der Waals surface area (Å²) in [5.41, 5.74) is 1.08. The summed E-state index contributed by atoms with van der Waals surface area (Å²) in [6, 6.07) is 10.1. The highest BCUT2D eigenvalue weighted by atomic mass is 15.3. The highest BCUT2D eigenvalue weighted by molar-refractivity contribution is 5.33. The van der Waals surface area contributed by atoms with E-state index in [4.69, 9.17) is 0 Å². The van der Waals surface area contributed by atoms with Gasteiger partial charge in [0.1, 0.15) is 6.54 Å². The van der Waals surface area contributed by atoms with Crippen LogP contribution in [0.3, 0.4) is 0 Å². The number of unbranched alkanes of at least 4 members (excludes halogenated alkanes) is 1. The highest BCUT2D eigenvalue weighted by Gasteiger charge is 2.00. The lowest BCUT2D eigenvalue weighted by Crippen LogP contribution is -2.23. The fraction of sp³-hybridized carbons (Fsp3) is 0.286. The molecule has 0 amide bonds. The van der Waals surface area contributed by atoms with Crippen molar-refractivity contribution >= 4 is 0 Å². The predicted molar refractivity (Wildman–Crippen MR) is 66.0 cm³/mol. The second-order valence-corrected chi connectivity index (χ2v) is 3.95. The number of aromatic nitrogens is 3. The van der Waals surface area contributed by atoms with Gasteiger partial charge in [-0.15, -0.1) is 4.68 Å². The van der Waals surface area contributed by atoms with Gasteiger partial charge in [0.15, 0.2) is 0 Å². The van der Waals surface area contributed by atoms with Crippen LogP contribution in [0.15, 0.2) is 43.0 Å². The molecule has 0 fully saturated rings. The molecular weight excluding hydrogens is 210 g/mol. The first kappa shape index (κ1) is 11.4. The smallest absolute Gasteiger partial charge is 0.240 e.